The molecular weight excluding hydrogens is 230 g/mol. The molecule has 18 heavy (non-hydrogen) atoms. The van der Waals surface area contributed by atoms with Crippen molar-refractivity contribution in [2.24, 2.45) is 0 Å². The molecule has 0 atom stereocenters. The summed E-state index contributed by atoms with van der Waals surface area (Å²) in [5.41, 5.74) is 1.29. The van der Waals surface area contributed by atoms with Crippen LogP contribution >= 0.6 is 0 Å². The van der Waals surface area contributed by atoms with Crippen LogP contribution in [0.2, 0.25) is 0 Å². The summed E-state index contributed by atoms with van der Waals surface area (Å²) in [6.07, 6.45) is 5.40. The third-order valence-electron chi connectivity index (χ3n) is 2.46. The Balaban J connectivity index is 2.06. The molecule has 0 fully saturated rings. The number of rotatable bonds is 10. The smallest absolute Gasteiger partial charge is 0.180 e. The van der Waals surface area contributed by atoms with Crippen molar-refractivity contribution in [3.05, 3.63) is 30.1 Å². The standard InChI is InChI=1S/C14H23NO3/c1-3-17-14(18-4-2)12-16-11-5-6-13-7-9-15-10-8-13/h7-10,14H,3-6,11-12H2,1-2H3. The summed E-state index contributed by atoms with van der Waals surface area (Å²) >= 11 is 0. The van der Waals surface area contributed by atoms with E-state index in [1.165, 1.54) is 5.56 Å². The summed E-state index contributed by atoms with van der Waals surface area (Å²) < 4.78 is 16.3. The average Bonchev–Trinajstić information content (AvgIpc) is 2.40. The van der Waals surface area contributed by atoms with Crippen LogP contribution in [-0.2, 0) is 20.6 Å². The van der Waals surface area contributed by atoms with E-state index in [0.717, 1.165) is 19.4 Å². The van der Waals surface area contributed by atoms with E-state index in [9.17, 15) is 0 Å². The van der Waals surface area contributed by atoms with Crippen LogP contribution in [0.3, 0.4) is 0 Å². The second kappa shape index (κ2) is 10.00. The van der Waals surface area contributed by atoms with Gasteiger partial charge in [0.15, 0.2) is 6.29 Å². The molecule has 0 saturated heterocycles. The van der Waals surface area contributed by atoms with Gasteiger partial charge in [0.2, 0.25) is 0 Å². The molecule has 102 valence electrons. The first-order valence-corrected chi connectivity index (χ1v) is 6.56. The first kappa shape index (κ1) is 15.1. The van der Waals surface area contributed by atoms with E-state index in [4.69, 9.17) is 14.2 Å². The Labute approximate surface area is 109 Å². The number of nitrogens with zero attached hydrogens (tertiary/aromatic N) is 1. The third kappa shape index (κ3) is 6.69. The highest BCUT2D eigenvalue weighted by Gasteiger charge is 2.07. The van der Waals surface area contributed by atoms with Gasteiger partial charge in [-0.05, 0) is 44.4 Å². The summed E-state index contributed by atoms with van der Waals surface area (Å²) in [4.78, 5) is 3.99. The van der Waals surface area contributed by atoms with E-state index in [2.05, 4.69) is 4.98 Å². The molecule has 0 amide bonds. The Morgan fingerprint density at radius 1 is 1.11 bits per heavy atom. The van der Waals surface area contributed by atoms with E-state index in [1.54, 1.807) is 0 Å². The monoisotopic (exact) mass is 253 g/mol. The summed E-state index contributed by atoms with van der Waals surface area (Å²) in [6, 6.07) is 4.06. The van der Waals surface area contributed by atoms with Gasteiger partial charge in [0.25, 0.3) is 0 Å². The molecule has 0 radical (unpaired) electrons. The van der Waals surface area contributed by atoms with Crippen LogP contribution in [0.1, 0.15) is 25.8 Å². The maximum atomic E-state index is 5.56. The summed E-state index contributed by atoms with van der Waals surface area (Å²) in [5, 5.41) is 0. The molecule has 0 bridgehead atoms. The van der Waals surface area contributed by atoms with Crippen molar-refractivity contribution in [2.45, 2.75) is 33.0 Å². The molecule has 0 aliphatic carbocycles. The quantitative estimate of drug-likeness (QED) is 0.474. The van der Waals surface area contributed by atoms with Crippen LogP contribution in [-0.4, -0.2) is 37.7 Å². The maximum Gasteiger partial charge on any atom is 0.180 e. The molecule has 0 spiro atoms. The Bertz CT molecular complexity index is 286. The normalized spacial score (nSPS) is 11.1. The fraction of sp³-hybridized carbons (Fsp3) is 0.643. The molecule has 0 aliphatic heterocycles. The number of aryl methyl sites for hydroxylation is 1. The second-order valence-electron chi connectivity index (χ2n) is 3.87. The van der Waals surface area contributed by atoms with Gasteiger partial charge in [0.1, 0.15) is 0 Å². The van der Waals surface area contributed by atoms with Gasteiger partial charge >= 0.3 is 0 Å². The number of hydrogen-bond donors (Lipinski definition) is 0. The van der Waals surface area contributed by atoms with Gasteiger partial charge in [-0.15, -0.1) is 0 Å². The highest BCUT2D eigenvalue weighted by molar-refractivity contribution is 5.09. The van der Waals surface area contributed by atoms with Crippen molar-refractivity contribution in [1.29, 1.82) is 0 Å². The minimum atomic E-state index is -0.235. The van der Waals surface area contributed by atoms with Crippen molar-refractivity contribution < 1.29 is 14.2 Å². The molecule has 4 nitrogen and oxygen atoms in total. The van der Waals surface area contributed by atoms with Crippen molar-refractivity contribution >= 4 is 0 Å². The molecule has 0 N–H and O–H groups in total. The molecule has 4 heteroatoms. The molecule has 1 heterocycles. The zero-order chi connectivity index (χ0) is 13.1. The molecule has 0 unspecified atom stereocenters. The molecule has 1 aromatic heterocycles. The first-order chi connectivity index (χ1) is 8.86. The third-order valence-corrected chi connectivity index (χ3v) is 2.46. The Morgan fingerprint density at radius 3 is 2.39 bits per heavy atom. The summed E-state index contributed by atoms with van der Waals surface area (Å²) in [6.45, 7) is 6.41. The van der Waals surface area contributed by atoms with Gasteiger partial charge in [-0.1, -0.05) is 0 Å². The molecule has 1 aromatic rings. The van der Waals surface area contributed by atoms with Crippen LogP contribution in [0.25, 0.3) is 0 Å². The highest BCUT2D eigenvalue weighted by Crippen LogP contribution is 2.02. The minimum Gasteiger partial charge on any atom is -0.376 e. The fourth-order valence-corrected chi connectivity index (χ4v) is 1.62. The minimum absolute atomic E-state index is 0.235. The van der Waals surface area contributed by atoms with Crippen LogP contribution in [0.5, 0.6) is 0 Å². The largest absolute Gasteiger partial charge is 0.376 e. The lowest BCUT2D eigenvalue weighted by Crippen LogP contribution is -2.23. The number of aromatic nitrogens is 1. The van der Waals surface area contributed by atoms with Crippen LogP contribution in [0.15, 0.2) is 24.5 Å². The van der Waals surface area contributed by atoms with Gasteiger partial charge in [0, 0.05) is 32.2 Å². The lowest BCUT2D eigenvalue weighted by molar-refractivity contribution is -0.167. The Hall–Kier alpha value is -0.970. The number of pyridine rings is 1. The van der Waals surface area contributed by atoms with Crippen molar-refractivity contribution in [3.63, 3.8) is 0 Å². The van der Waals surface area contributed by atoms with Crippen molar-refractivity contribution in [3.8, 4) is 0 Å². The highest BCUT2D eigenvalue weighted by atomic mass is 16.7. The molecule has 0 aromatic carbocycles. The maximum absolute atomic E-state index is 5.56. The predicted molar refractivity (Wildman–Crippen MR) is 70.4 cm³/mol. The SMILES string of the molecule is CCOC(COCCCc1ccncc1)OCC. The van der Waals surface area contributed by atoms with Crippen LogP contribution < -0.4 is 0 Å². The lowest BCUT2D eigenvalue weighted by Gasteiger charge is -2.16. The van der Waals surface area contributed by atoms with Crippen molar-refractivity contribution in [1.82, 2.24) is 4.98 Å². The molecule has 0 aliphatic rings. The zero-order valence-electron chi connectivity index (χ0n) is 11.3. The average molecular weight is 253 g/mol. The van der Waals surface area contributed by atoms with Crippen molar-refractivity contribution in [2.75, 3.05) is 26.4 Å². The van der Waals surface area contributed by atoms with Crippen LogP contribution in [0.4, 0.5) is 0 Å². The number of hydrogen-bond acceptors (Lipinski definition) is 4. The Morgan fingerprint density at radius 2 is 1.78 bits per heavy atom. The van der Waals surface area contributed by atoms with E-state index >= 15 is 0 Å². The number of ether oxygens (including phenoxy) is 3. The molecule has 0 saturated carbocycles. The van der Waals surface area contributed by atoms with E-state index in [0.29, 0.717) is 19.8 Å². The zero-order valence-corrected chi connectivity index (χ0v) is 11.3. The molecular formula is C14H23NO3. The first-order valence-electron chi connectivity index (χ1n) is 6.56. The fourth-order valence-electron chi connectivity index (χ4n) is 1.62. The summed E-state index contributed by atoms with van der Waals surface area (Å²) in [5.74, 6) is 0. The predicted octanol–water partition coefficient (Wildman–Crippen LogP) is 2.43. The van der Waals surface area contributed by atoms with Gasteiger partial charge in [0.05, 0.1) is 6.61 Å². The van der Waals surface area contributed by atoms with E-state index in [-0.39, 0.29) is 6.29 Å². The van der Waals surface area contributed by atoms with Gasteiger partial charge in [-0.25, -0.2) is 0 Å². The van der Waals surface area contributed by atoms with Gasteiger partial charge < -0.3 is 14.2 Å². The summed E-state index contributed by atoms with van der Waals surface area (Å²) in [7, 11) is 0. The van der Waals surface area contributed by atoms with E-state index < -0.39 is 0 Å². The lowest BCUT2D eigenvalue weighted by atomic mass is 10.1. The topological polar surface area (TPSA) is 40.6 Å². The van der Waals surface area contributed by atoms with Crippen LogP contribution in [0, 0.1) is 0 Å². The van der Waals surface area contributed by atoms with E-state index in [1.807, 2.05) is 38.4 Å². The second-order valence-corrected chi connectivity index (χ2v) is 3.87. The van der Waals surface area contributed by atoms with Gasteiger partial charge in [-0.3, -0.25) is 4.98 Å². The van der Waals surface area contributed by atoms with Gasteiger partial charge in [-0.2, -0.15) is 0 Å². The molecule has 1 rings (SSSR count). The Kier molecular flexibility index (Phi) is 8.38.